The summed E-state index contributed by atoms with van der Waals surface area (Å²) >= 11 is 0. The van der Waals surface area contributed by atoms with E-state index in [9.17, 15) is 14.4 Å². The van der Waals surface area contributed by atoms with Gasteiger partial charge in [0.1, 0.15) is 0 Å². The van der Waals surface area contributed by atoms with Crippen molar-refractivity contribution in [1.82, 2.24) is 20.2 Å². The number of amides is 3. The molecule has 0 aliphatic heterocycles. The van der Waals surface area contributed by atoms with E-state index in [1.165, 1.54) is 0 Å². The topological polar surface area (TPSA) is 130 Å². The molecule has 3 rings (SSSR count). The molecule has 2 atom stereocenters. The SMILES string of the molecule is CC(C(N)=O)[C@@H](C)C(=O)NCCc1ccc(NC(=O)CN(Cc2ccccn2)Cc2ccccn2)cc1. The molecule has 3 amide bonds. The van der Waals surface area contributed by atoms with Gasteiger partial charge in [0, 0.05) is 49.6 Å². The number of aromatic nitrogens is 2. The summed E-state index contributed by atoms with van der Waals surface area (Å²) in [6, 6.07) is 19.0. The number of rotatable bonds is 13. The van der Waals surface area contributed by atoms with Gasteiger partial charge in [-0.2, -0.15) is 0 Å². The summed E-state index contributed by atoms with van der Waals surface area (Å²) in [5, 5.41) is 5.79. The molecule has 0 aliphatic rings. The van der Waals surface area contributed by atoms with E-state index >= 15 is 0 Å². The van der Waals surface area contributed by atoms with Gasteiger partial charge in [0.2, 0.25) is 17.7 Å². The van der Waals surface area contributed by atoms with E-state index in [0.717, 1.165) is 17.0 Å². The van der Waals surface area contributed by atoms with Crippen LogP contribution in [-0.4, -0.2) is 45.7 Å². The summed E-state index contributed by atoms with van der Waals surface area (Å²) in [5.41, 5.74) is 8.74. The zero-order valence-electron chi connectivity index (χ0n) is 21.3. The first-order valence-electron chi connectivity index (χ1n) is 12.3. The van der Waals surface area contributed by atoms with Gasteiger partial charge in [0.05, 0.1) is 17.9 Å². The van der Waals surface area contributed by atoms with Gasteiger partial charge in [-0.25, -0.2) is 0 Å². The smallest absolute Gasteiger partial charge is 0.238 e. The van der Waals surface area contributed by atoms with Crippen molar-refractivity contribution in [3.05, 3.63) is 90.0 Å². The van der Waals surface area contributed by atoms with Crippen LogP contribution in [0.25, 0.3) is 0 Å². The number of primary amides is 1. The van der Waals surface area contributed by atoms with E-state index < -0.39 is 17.7 Å². The Bertz CT molecular complexity index is 1110. The largest absolute Gasteiger partial charge is 0.369 e. The van der Waals surface area contributed by atoms with E-state index in [1.54, 1.807) is 26.2 Å². The van der Waals surface area contributed by atoms with Crippen LogP contribution in [0.15, 0.2) is 73.1 Å². The molecule has 3 aromatic rings. The highest BCUT2D eigenvalue weighted by Crippen LogP contribution is 2.13. The van der Waals surface area contributed by atoms with Crippen LogP contribution in [0.4, 0.5) is 5.69 Å². The highest BCUT2D eigenvalue weighted by Gasteiger charge is 2.23. The molecular weight excluding hydrogens is 468 g/mol. The second kappa shape index (κ2) is 13.8. The maximum absolute atomic E-state index is 12.8. The number of hydrogen-bond acceptors (Lipinski definition) is 6. The van der Waals surface area contributed by atoms with Crippen LogP contribution in [-0.2, 0) is 33.9 Å². The Morgan fingerprint density at radius 3 is 1.97 bits per heavy atom. The van der Waals surface area contributed by atoms with Gasteiger partial charge in [-0.3, -0.25) is 29.3 Å². The number of carbonyl (C=O) groups is 3. The van der Waals surface area contributed by atoms with E-state index in [2.05, 4.69) is 20.6 Å². The molecule has 0 fully saturated rings. The lowest BCUT2D eigenvalue weighted by molar-refractivity contribution is -0.132. The zero-order valence-corrected chi connectivity index (χ0v) is 21.3. The van der Waals surface area contributed by atoms with Crippen molar-refractivity contribution < 1.29 is 14.4 Å². The monoisotopic (exact) mass is 502 g/mol. The molecule has 9 heteroatoms. The number of pyridine rings is 2. The molecule has 9 nitrogen and oxygen atoms in total. The van der Waals surface area contributed by atoms with Crippen molar-refractivity contribution in [2.24, 2.45) is 17.6 Å². The number of benzene rings is 1. The molecule has 0 saturated carbocycles. The van der Waals surface area contributed by atoms with E-state index in [-0.39, 0.29) is 18.4 Å². The van der Waals surface area contributed by atoms with Crippen molar-refractivity contribution >= 4 is 23.4 Å². The van der Waals surface area contributed by atoms with Crippen LogP contribution in [0.1, 0.15) is 30.8 Å². The molecule has 0 radical (unpaired) electrons. The highest BCUT2D eigenvalue weighted by molar-refractivity contribution is 5.92. The molecule has 194 valence electrons. The van der Waals surface area contributed by atoms with Gasteiger partial charge in [-0.1, -0.05) is 38.1 Å². The van der Waals surface area contributed by atoms with Crippen molar-refractivity contribution in [3.8, 4) is 0 Å². The first kappa shape index (κ1) is 27.5. The number of anilines is 1. The Morgan fingerprint density at radius 2 is 1.46 bits per heavy atom. The summed E-state index contributed by atoms with van der Waals surface area (Å²) in [6.07, 6.45) is 4.10. The van der Waals surface area contributed by atoms with Crippen LogP contribution in [0.3, 0.4) is 0 Å². The fourth-order valence-electron chi connectivity index (χ4n) is 3.73. The van der Waals surface area contributed by atoms with Crippen molar-refractivity contribution in [1.29, 1.82) is 0 Å². The second-order valence-corrected chi connectivity index (χ2v) is 9.05. The number of carbonyl (C=O) groups excluding carboxylic acids is 3. The van der Waals surface area contributed by atoms with E-state index in [4.69, 9.17) is 5.73 Å². The number of hydrogen-bond donors (Lipinski definition) is 3. The molecule has 2 aromatic heterocycles. The standard InChI is InChI=1S/C28H34N6O3/c1-20(27(29)36)21(2)28(37)32-16-13-22-9-11-23(12-10-22)33-26(35)19-34(17-24-7-3-5-14-30-24)18-25-8-4-6-15-31-25/h3-12,14-15,20-21H,13,16-19H2,1-2H3,(H2,29,36)(H,32,37)(H,33,35)/t20?,21-/m1/s1. The second-order valence-electron chi connectivity index (χ2n) is 9.05. The third-order valence-electron chi connectivity index (χ3n) is 6.15. The van der Waals surface area contributed by atoms with Gasteiger partial charge >= 0.3 is 0 Å². The highest BCUT2D eigenvalue weighted by atomic mass is 16.2. The molecule has 1 unspecified atom stereocenters. The first-order valence-corrected chi connectivity index (χ1v) is 12.3. The van der Waals surface area contributed by atoms with Crippen molar-refractivity contribution in [3.63, 3.8) is 0 Å². The Morgan fingerprint density at radius 1 is 0.865 bits per heavy atom. The molecule has 0 aliphatic carbocycles. The number of nitrogens with two attached hydrogens (primary N) is 1. The average Bonchev–Trinajstić information content (AvgIpc) is 2.89. The minimum atomic E-state index is -0.522. The maximum Gasteiger partial charge on any atom is 0.238 e. The number of nitrogens with zero attached hydrogens (tertiary/aromatic N) is 3. The average molecular weight is 503 g/mol. The molecule has 0 spiro atoms. The summed E-state index contributed by atoms with van der Waals surface area (Å²) in [5.74, 6) is -1.82. The van der Waals surface area contributed by atoms with Crippen LogP contribution in [0, 0.1) is 11.8 Å². The molecule has 4 N–H and O–H groups in total. The number of nitrogens with one attached hydrogen (secondary N) is 2. The van der Waals surface area contributed by atoms with Crippen LogP contribution in [0.5, 0.6) is 0 Å². The predicted octanol–water partition coefficient (Wildman–Crippen LogP) is 2.53. The third-order valence-corrected chi connectivity index (χ3v) is 6.15. The predicted molar refractivity (Wildman–Crippen MR) is 142 cm³/mol. The molecule has 1 aromatic carbocycles. The lowest BCUT2D eigenvalue weighted by Gasteiger charge is -2.21. The van der Waals surface area contributed by atoms with Gasteiger partial charge in [-0.15, -0.1) is 0 Å². The Hall–Kier alpha value is -4.11. The lowest BCUT2D eigenvalue weighted by Crippen LogP contribution is -2.38. The summed E-state index contributed by atoms with van der Waals surface area (Å²) in [7, 11) is 0. The Labute approximate surface area is 217 Å². The van der Waals surface area contributed by atoms with Crippen molar-refractivity contribution in [2.75, 3.05) is 18.4 Å². The van der Waals surface area contributed by atoms with E-state index in [0.29, 0.717) is 31.7 Å². The Kier molecular flexibility index (Phi) is 10.3. The summed E-state index contributed by atoms with van der Waals surface area (Å²) < 4.78 is 0. The molecule has 0 saturated heterocycles. The molecular formula is C28H34N6O3. The Balaban J connectivity index is 1.51. The van der Waals surface area contributed by atoms with E-state index in [1.807, 2.05) is 65.6 Å². The minimum absolute atomic E-state index is 0.135. The van der Waals surface area contributed by atoms with Gasteiger partial charge in [0.15, 0.2) is 0 Å². The van der Waals surface area contributed by atoms with Crippen LogP contribution < -0.4 is 16.4 Å². The fourth-order valence-corrected chi connectivity index (χ4v) is 3.73. The van der Waals surface area contributed by atoms with Crippen LogP contribution in [0.2, 0.25) is 0 Å². The zero-order chi connectivity index (χ0) is 26.6. The van der Waals surface area contributed by atoms with Gasteiger partial charge < -0.3 is 16.4 Å². The first-order chi connectivity index (χ1) is 17.8. The fraction of sp³-hybridized carbons (Fsp3) is 0.321. The normalized spacial score (nSPS) is 12.5. The lowest BCUT2D eigenvalue weighted by atomic mass is 9.94. The molecule has 0 bridgehead atoms. The minimum Gasteiger partial charge on any atom is -0.369 e. The summed E-state index contributed by atoms with van der Waals surface area (Å²) in [4.78, 5) is 47.1. The summed E-state index contributed by atoms with van der Waals surface area (Å²) in [6.45, 7) is 5.00. The van der Waals surface area contributed by atoms with Gasteiger partial charge in [0.25, 0.3) is 0 Å². The maximum atomic E-state index is 12.8. The molecule has 37 heavy (non-hydrogen) atoms. The van der Waals surface area contributed by atoms with Gasteiger partial charge in [-0.05, 0) is 48.4 Å². The quantitative estimate of drug-likeness (QED) is 0.329. The van der Waals surface area contributed by atoms with Crippen molar-refractivity contribution in [2.45, 2.75) is 33.4 Å². The molecule has 2 heterocycles. The third kappa shape index (κ3) is 9.12. The van der Waals surface area contributed by atoms with Crippen LogP contribution >= 0.6 is 0 Å².